The number of hydrogen-bond acceptors (Lipinski definition) is 3. The summed E-state index contributed by atoms with van der Waals surface area (Å²) in [6.45, 7) is 6.33. The van der Waals surface area contributed by atoms with Crippen molar-refractivity contribution >= 4 is 16.0 Å². The summed E-state index contributed by atoms with van der Waals surface area (Å²) < 4.78 is 25.8. The van der Waals surface area contributed by atoms with Crippen LogP contribution in [0.5, 0.6) is 0 Å². The first-order valence-corrected chi connectivity index (χ1v) is 8.07. The summed E-state index contributed by atoms with van der Waals surface area (Å²) in [5.41, 5.74) is 0. The van der Waals surface area contributed by atoms with Gasteiger partial charge in [-0.1, -0.05) is 27.2 Å². The molecule has 18 heavy (non-hydrogen) atoms. The highest BCUT2D eigenvalue weighted by atomic mass is 32.2. The Hall–Kier alpha value is -0.620. The summed E-state index contributed by atoms with van der Waals surface area (Å²) in [7, 11) is -3.32. The van der Waals surface area contributed by atoms with E-state index in [9.17, 15) is 13.2 Å². The molecule has 1 heterocycles. The number of nitrogens with zero attached hydrogens (tertiary/aromatic N) is 1. The summed E-state index contributed by atoms with van der Waals surface area (Å²) in [5, 5.41) is 9.05. The van der Waals surface area contributed by atoms with Crippen molar-refractivity contribution in [1.82, 2.24) is 4.31 Å². The lowest BCUT2D eigenvalue weighted by Gasteiger charge is -2.34. The number of rotatable bonds is 5. The molecule has 0 aromatic heterocycles. The minimum atomic E-state index is -3.32. The lowest BCUT2D eigenvalue weighted by Crippen LogP contribution is -2.46. The van der Waals surface area contributed by atoms with Crippen LogP contribution >= 0.6 is 0 Å². The SMILES string of the molecule is CCC(C)CS(=O)(=O)N1CC(C)CC(C(=O)O)C1. The second kappa shape index (κ2) is 6.02. The molecule has 0 aliphatic carbocycles. The smallest absolute Gasteiger partial charge is 0.307 e. The van der Waals surface area contributed by atoms with Gasteiger partial charge in [-0.15, -0.1) is 0 Å². The van der Waals surface area contributed by atoms with Crippen molar-refractivity contribution in [1.29, 1.82) is 0 Å². The van der Waals surface area contributed by atoms with E-state index in [1.165, 1.54) is 4.31 Å². The maximum atomic E-state index is 12.2. The van der Waals surface area contributed by atoms with Crippen LogP contribution in [0.15, 0.2) is 0 Å². The van der Waals surface area contributed by atoms with E-state index < -0.39 is 21.9 Å². The van der Waals surface area contributed by atoms with Crippen LogP contribution in [0.25, 0.3) is 0 Å². The minimum Gasteiger partial charge on any atom is -0.481 e. The number of piperidine rings is 1. The molecule has 1 N–H and O–H groups in total. The maximum Gasteiger partial charge on any atom is 0.307 e. The molecular formula is C12H23NO4S. The number of carboxylic acid groups (broad SMARTS) is 1. The Balaban J connectivity index is 2.78. The molecule has 1 aliphatic rings. The number of aliphatic carboxylic acids is 1. The molecule has 1 aliphatic heterocycles. The molecule has 106 valence electrons. The van der Waals surface area contributed by atoms with Crippen LogP contribution in [0.2, 0.25) is 0 Å². The Morgan fingerprint density at radius 3 is 2.56 bits per heavy atom. The van der Waals surface area contributed by atoms with Gasteiger partial charge in [0.15, 0.2) is 0 Å². The average Bonchev–Trinajstić information content (AvgIpc) is 2.27. The molecule has 5 nitrogen and oxygen atoms in total. The van der Waals surface area contributed by atoms with Gasteiger partial charge < -0.3 is 5.11 Å². The topological polar surface area (TPSA) is 74.7 Å². The highest BCUT2D eigenvalue weighted by molar-refractivity contribution is 7.89. The summed E-state index contributed by atoms with van der Waals surface area (Å²) >= 11 is 0. The quantitative estimate of drug-likeness (QED) is 0.824. The fraction of sp³-hybridized carbons (Fsp3) is 0.917. The molecule has 0 aromatic carbocycles. The molecule has 6 heteroatoms. The zero-order chi connectivity index (χ0) is 13.9. The highest BCUT2D eigenvalue weighted by Gasteiger charge is 2.35. The van der Waals surface area contributed by atoms with Crippen molar-refractivity contribution in [2.45, 2.75) is 33.6 Å². The minimum absolute atomic E-state index is 0.103. The lowest BCUT2D eigenvalue weighted by atomic mass is 9.92. The van der Waals surface area contributed by atoms with Crippen molar-refractivity contribution in [3.05, 3.63) is 0 Å². The Kier molecular flexibility index (Phi) is 5.16. The van der Waals surface area contributed by atoms with Crippen molar-refractivity contribution < 1.29 is 18.3 Å². The van der Waals surface area contributed by atoms with E-state index in [4.69, 9.17) is 5.11 Å². The predicted octanol–water partition coefficient (Wildman–Crippen LogP) is 1.40. The standard InChI is InChI=1S/C12H23NO4S/c1-4-9(2)8-18(16,17)13-6-10(3)5-11(7-13)12(14)15/h9-11H,4-8H2,1-3H3,(H,14,15). The van der Waals surface area contributed by atoms with Crippen molar-refractivity contribution in [3.63, 3.8) is 0 Å². The third-order valence-corrected chi connectivity index (χ3v) is 5.64. The number of hydrogen-bond donors (Lipinski definition) is 1. The Bertz CT molecular complexity index is 393. The van der Waals surface area contributed by atoms with E-state index >= 15 is 0 Å². The summed E-state index contributed by atoms with van der Waals surface area (Å²) in [6, 6.07) is 0. The zero-order valence-corrected chi connectivity index (χ0v) is 12.1. The van der Waals surface area contributed by atoms with Gasteiger partial charge in [0.2, 0.25) is 10.0 Å². The molecule has 0 bridgehead atoms. The van der Waals surface area contributed by atoms with Crippen molar-refractivity contribution in [3.8, 4) is 0 Å². The van der Waals surface area contributed by atoms with Crippen LogP contribution in [-0.2, 0) is 14.8 Å². The summed E-state index contributed by atoms with van der Waals surface area (Å²) in [6.07, 6.45) is 1.37. The van der Waals surface area contributed by atoms with Gasteiger partial charge in [-0.05, 0) is 18.3 Å². The summed E-state index contributed by atoms with van der Waals surface area (Å²) in [5.74, 6) is -1.14. The first kappa shape index (κ1) is 15.4. The van der Waals surface area contributed by atoms with Gasteiger partial charge in [-0.25, -0.2) is 12.7 Å². The van der Waals surface area contributed by atoms with Crippen LogP contribution in [-0.4, -0.2) is 42.6 Å². The third kappa shape index (κ3) is 3.95. The monoisotopic (exact) mass is 277 g/mol. The van der Waals surface area contributed by atoms with Gasteiger partial charge in [0.05, 0.1) is 11.7 Å². The summed E-state index contributed by atoms with van der Waals surface area (Å²) in [4.78, 5) is 11.0. The molecule has 3 unspecified atom stereocenters. The van der Waals surface area contributed by atoms with Crippen molar-refractivity contribution in [2.24, 2.45) is 17.8 Å². The van der Waals surface area contributed by atoms with Crippen LogP contribution in [0.4, 0.5) is 0 Å². The van der Waals surface area contributed by atoms with Crippen LogP contribution in [0, 0.1) is 17.8 Å². The van der Waals surface area contributed by atoms with Gasteiger partial charge in [-0.2, -0.15) is 0 Å². The van der Waals surface area contributed by atoms with E-state index in [0.29, 0.717) is 13.0 Å². The number of carbonyl (C=O) groups is 1. The zero-order valence-electron chi connectivity index (χ0n) is 11.3. The van der Waals surface area contributed by atoms with Gasteiger partial charge in [0.1, 0.15) is 0 Å². The predicted molar refractivity (Wildman–Crippen MR) is 69.7 cm³/mol. The lowest BCUT2D eigenvalue weighted by molar-refractivity contribution is -0.143. The molecule has 0 radical (unpaired) electrons. The van der Waals surface area contributed by atoms with Crippen LogP contribution < -0.4 is 0 Å². The van der Waals surface area contributed by atoms with E-state index in [0.717, 1.165) is 6.42 Å². The van der Waals surface area contributed by atoms with Crippen molar-refractivity contribution in [2.75, 3.05) is 18.8 Å². The van der Waals surface area contributed by atoms with E-state index in [-0.39, 0.29) is 24.1 Å². The normalized spacial score (nSPS) is 27.9. The molecule has 1 fully saturated rings. The van der Waals surface area contributed by atoms with Gasteiger partial charge in [0, 0.05) is 13.1 Å². The number of sulfonamides is 1. The maximum absolute atomic E-state index is 12.2. The molecule has 0 saturated carbocycles. The second-order valence-corrected chi connectivity index (χ2v) is 7.50. The third-order valence-electron chi connectivity index (χ3n) is 3.56. The fourth-order valence-corrected chi connectivity index (χ4v) is 4.35. The highest BCUT2D eigenvalue weighted by Crippen LogP contribution is 2.25. The largest absolute Gasteiger partial charge is 0.481 e. The number of carboxylic acids is 1. The first-order valence-electron chi connectivity index (χ1n) is 6.46. The van der Waals surface area contributed by atoms with E-state index in [2.05, 4.69) is 0 Å². The second-order valence-electron chi connectivity index (χ2n) is 5.48. The molecule has 1 rings (SSSR count). The first-order chi connectivity index (χ1) is 8.26. The molecule has 0 amide bonds. The molecule has 0 spiro atoms. The van der Waals surface area contributed by atoms with Gasteiger partial charge >= 0.3 is 5.97 Å². The Morgan fingerprint density at radius 1 is 1.44 bits per heavy atom. The fourth-order valence-electron chi connectivity index (χ4n) is 2.29. The van der Waals surface area contributed by atoms with E-state index in [1.54, 1.807) is 0 Å². The van der Waals surface area contributed by atoms with Gasteiger partial charge in [0.25, 0.3) is 0 Å². The van der Waals surface area contributed by atoms with Crippen LogP contribution in [0.1, 0.15) is 33.6 Å². The van der Waals surface area contributed by atoms with E-state index in [1.807, 2.05) is 20.8 Å². The molecule has 1 saturated heterocycles. The Morgan fingerprint density at radius 2 is 2.06 bits per heavy atom. The average molecular weight is 277 g/mol. The Labute approximate surface area is 109 Å². The molecular weight excluding hydrogens is 254 g/mol. The van der Waals surface area contributed by atoms with Gasteiger partial charge in [-0.3, -0.25) is 4.79 Å². The molecule has 3 atom stereocenters. The van der Waals surface area contributed by atoms with Crippen LogP contribution in [0.3, 0.4) is 0 Å². The molecule has 0 aromatic rings.